The first-order chi connectivity index (χ1) is 12.5. The van der Waals surface area contributed by atoms with Gasteiger partial charge in [-0.25, -0.2) is 4.79 Å². The normalized spacial score (nSPS) is 16.0. The molecule has 3 rings (SSSR count). The van der Waals surface area contributed by atoms with E-state index >= 15 is 0 Å². The second-order valence-corrected chi connectivity index (χ2v) is 6.18. The van der Waals surface area contributed by atoms with Crippen molar-refractivity contribution in [3.8, 4) is 0 Å². The lowest BCUT2D eigenvalue weighted by Crippen LogP contribution is -2.53. The highest BCUT2D eigenvalue weighted by atomic mass is 16.2. The van der Waals surface area contributed by atoms with E-state index < -0.39 is 17.8 Å². The first-order valence-electron chi connectivity index (χ1n) is 8.16. The summed E-state index contributed by atoms with van der Waals surface area (Å²) in [5.41, 5.74) is 2.47. The molecule has 0 aromatic heterocycles. The standard InChI is InChI=1S/C20H19N3O3/c1-22(2)16-10-8-14(9-11-16)12-17-18(24)21-20(26)23(19(17)25)13-15-6-4-3-5-7-15/h3-12H,13H2,1-2H3,(H,21,24,26)/b17-12-. The second kappa shape index (κ2) is 7.23. The number of hydrogen-bond donors (Lipinski definition) is 1. The van der Waals surface area contributed by atoms with Gasteiger partial charge in [-0.3, -0.25) is 19.8 Å². The predicted molar refractivity (Wildman–Crippen MR) is 99.3 cm³/mol. The van der Waals surface area contributed by atoms with Gasteiger partial charge in [0.2, 0.25) is 0 Å². The Bertz CT molecular complexity index is 871. The molecule has 132 valence electrons. The number of anilines is 1. The summed E-state index contributed by atoms with van der Waals surface area (Å²) in [5, 5.41) is 2.23. The fraction of sp³-hybridized carbons (Fsp3) is 0.150. The van der Waals surface area contributed by atoms with Gasteiger partial charge in [0.05, 0.1) is 6.54 Å². The highest BCUT2D eigenvalue weighted by Crippen LogP contribution is 2.19. The van der Waals surface area contributed by atoms with Crippen molar-refractivity contribution in [1.29, 1.82) is 0 Å². The van der Waals surface area contributed by atoms with Crippen molar-refractivity contribution in [3.63, 3.8) is 0 Å². The molecule has 0 aliphatic carbocycles. The number of carbonyl (C=O) groups is 3. The number of nitrogens with one attached hydrogen (secondary N) is 1. The molecule has 1 fully saturated rings. The first kappa shape index (κ1) is 17.4. The molecule has 1 aliphatic heterocycles. The zero-order chi connectivity index (χ0) is 18.7. The van der Waals surface area contributed by atoms with E-state index in [1.807, 2.05) is 73.6 Å². The topological polar surface area (TPSA) is 69.7 Å². The SMILES string of the molecule is CN(C)c1ccc(/C=C2/C(=O)NC(=O)N(Cc3ccccc3)C2=O)cc1. The van der Waals surface area contributed by atoms with Crippen LogP contribution in [0.1, 0.15) is 11.1 Å². The van der Waals surface area contributed by atoms with Crippen LogP contribution in [0.25, 0.3) is 6.08 Å². The minimum absolute atomic E-state index is 0.0573. The number of hydrogen-bond acceptors (Lipinski definition) is 4. The summed E-state index contributed by atoms with van der Waals surface area (Å²) < 4.78 is 0. The summed E-state index contributed by atoms with van der Waals surface area (Å²) in [6, 6.07) is 15.9. The summed E-state index contributed by atoms with van der Waals surface area (Å²) in [5.74, 6) is -1.28. The molecule has 0 radical (unpaired) electrons. The van der Waals surface area contributed by atoms with Crippen LogP contribution in [-0.4, -0.2) is 36.8 Å². The van der Waals surface area contributed by atoms with Crippen molar-refractivity contribution in [2.45, 2.75) is 6.54 Å². The molecule has 26 heavy (non-hydrogen) atoms. The van der Waals surface area contributed by atoms with Gasteiger partial charge in [0.25, 0.3) is 11.8 Å². The zero-order valence-electron chi connectivity index (χ0n) is 14.6. The Morgan fingerprint density at radius 2 is 1.62 bits per heavy atom. The molecule has 0 saturated carbocycles. The first-order valence-corrected chi connectivity index (χ1v) is 8.16. The molecular weight excluding hydrogens is 330 g/mol. The highest BCUT2D eigenvalue weighted by Gasteiger charge is 2.35. The van der Waals surface area contributed by atoms with Gasteiger partial charge in [0, 0.05) is 19.8 Å². The van der Waals surface area contributed by atoms with Crippen LogP contribution in [0.5, 0.6) is 0 Å². The van der Waals surface area contributed by atoms with E-state index in [2.05, 4.69) is 5.32 Å². The molecule has 1 N–H and O–H groups in total. The van der Waals surface area contributed by atoms with Gasteiger partial charge in [-0.15, -0.1) is 0 Å². The van der Waals surface area contributed by atoms with Gasteiger partial charge >= 0.3 is 6.03 Å². The number of carbonyl (C=O) groups excluding carboxylic acids is 3. The largest absolute Gasteiger partial charge is 0.378 e. The lowest BCUT2D eigenvalue weighted by Gasteiger charge is -2.26. The summed E-state index contributed by atoms with van der Waals surface area (Å²) in [6.07, 6.45) is 1.50. The third kappa shape index (κ3) is 3.64. The molecule has 1 heterocycles. The molecule has 2 aromatic carbocycles. The van der Waals surface area contributed by atoms with Gasteiger partial charge in [-0.05, 0) is 29.3 Å². The van der Waals surface area contributed by atoms with E-state index in [0.717, 1.165) is 16.2 Å². The van der Waals surface area contributed by atoms with Crippen molar-refractivity contribution in [2.75, 3.05) is 19.0 Å². The molecule has 1 saturated heterocycles. The molecule has 0 atom stereocenters. The van der Waals surface area contributed by atoms with Gasteiger partial charge in [-0.2, -0.15) is 0 Å². The predicted octanol–water partition coefficient (Wildman–Crippen LogP) is 2.41. The van der Waals surface area contributed by atoms with Crippen LogP contribution in [0.3, 0.4) is 0 Å². The number of benzene rings is 2. The second-order valence-electron chi connectivity index (χ2n) is 6.18. The van der Waals surface area contributed by atoms with Gasteiger partial charge < -0.3 is 4.90 Å². The van der Waals surface area contributed by atoms with Crippen LogP contribution >= 0.6 is 0 Å². The van der Waals surface area contributed by atoms with E-state index in [4.69, 9.17) is 0 Å². The Morgan fingerprint density at radius 3 is 2.23 bits per heavy atom. The molecule has 1 aliphatic rings. The fourth-order valence-electron chi connectivity index (χ4n) is 2.64. The summed E-state index contributed by atoms with van der Waals surface area (Å²) in [7, 11) is 3.86. The lowest BCUT2D eigenvalue weighted by molar-refractivity contribution is -0.130. The molecule has 0 unspecified atom stereocenters. The van der Waals surface area contributed by atoms with E-state index in [0.29, 0.717) is 5.56 Å². The molecule has 6 heteroatoms. The minimum Gasteiger partial charge on any atom is -0.378 e. The Labute approximate surface area is 151 Å². The van der Waals surface area contributed by atoms with Crippen molar-refractivity contribution >= 4 is 29.6 Å². The van der Waals surface area contributed by atoms with E-state index in [-0.39, 0.29) is 12.1 Å². The fourth-order valence-corrected chi connectivity index (χ4v) is 2.64. The maximum absolute atomic E-state index is 12.7. The number of nitrogens with zero attached hydrogens (tertiary/aromatic N) is 2. The van der Waals surface area contributed by atoms with E-state index in [1.165, 1.54) is 6.08 Å². The quantitative estimate of drug-likeness (QED) is 0.680. The Morgan fingerprint density at radius 1 is 0.962 bits per heavy atom. The van der Waals surface area contributed by atoms with Gasteiger partial charge in [-0.1, -0.05) is 42.5 Å². The molecular formula is C20H19N3O3. The van der Waals surface area contributed by atoms with E-state index in [1.54, 1.807) is 0 Å². The third-order valence-corrected chi connectivity index (χ3v) is 4.09. The molecule has 4 amide bonds. The molecule has 0 spiro atoms. The monoisotopic (exact) mass is 349 g/mol. The Kier molecular flexibility index (Phi) is 4.84. The smallest absolute Gasteiger partial charge is 0.331 e. The average molecular weight is 349 g/mol. The van der Waals surface area contributed by atoms with Crippen molar-refractivity contribution in [1.82, 2.24) is 10.2 Å². The van der Waals surface area contributed by atoms with Crippen LogP contribution in [-0.2, 0) is 16.1 Å². The van der Waals surface area contributed by atoms with Crippen LogP contribution in [0.2, 0.25) is 0 Å². The maximum atomic E-state index is 12.7. The molecule has 2 aromatic rings. The van der Waals surface area contributed by atoms with E-state index in [9.17, 15) is 14.4 Å². The third-order valence-electron chi connectivity index (χ3n) is 4.09. The van der Waals surface area contributed by atoms with Crippen molar-refractivity contribution < 1.29 is 14.4 Å². The summed E-state index contributed by atoms with van der Waals surface area (Å²) in [6.45, 7) is 0.107. The summed E-state index contributed by atoms with van der Waals surface area (Å²) in [4.78, 5) is 39.9. The van der Waals surface area contributed by atoms with Crippen LogP contribution in [0.4, 0.5) is 10.5 Å². The number of rotatable bonds is 4. The van der Waals surface area contributed by atoms with Crippen LogP contribution in [0.15, 0.2) is 60.2 Å². The molecule has 0 bridgehead atoms. The van der Waals surface area contributed by atoms with Gasteiger partial charge in [0.1, 0.15) is 5.57 Å². The number of amides is 4. The molecule has 6 nitrogen and oxygen atoms in total. The summed E-state index contributed by atoms with van der Waals surface area (Å²) >= 11 is 0. The van der Waals surface area contributed by atoms with Crippen molar-refractivity contribution in [2.24, 2.45) is 0 Å². The zero-order valence-corrected chi connectivity index (χ0v) is 14.6. The van der Waals surface area contributed by atoms with Gasteiger partial charge in [0.15, 0.2) is 0 Å². The lowest BCUT2D eigenvalue weighted by atomic mass is 10.1. The Balaban J connectivity index is 1.87. The minimum atomic E-state index is -0.705. The van der Waals surface area contributed by atoms with Crippen molar-refractivity contribution in [3.05, 3.63) is 71.3 Å². The van der Waals surface area contributed by atoms with Crippen LogP contribution < -0.4 is 10.2 Å². The highest BCUT2D eigenvalue weighted by molar-refractivity contribution is 6.30. The number of barbiturate groups is 1. The average Bonchev–Trinajstić information content (AvgIpc) is 2.63. The number of imide groups is 2. The van der Waals surface area contributed by atoms with Crippen LogP contribution in [0, 0.1) is 0 Å². The maximum Gasteiger partial charge on any atom is 0.331 e. The number of urea groups is 1. The Hall–Kier alpha value is -3.41.